The van der Waals surface area contributed by atoms with Crippen LogP contribution in [0.5, 0.6) is 0 Å². The van der Waals surface area contributed by atoms with Crippen LogP contribution in [-0.4, -0.2) is 50.6 Å². The number of nitrogens with one attached hydrogen (secondary N) is 2. The van der Waals surface area contributed by atoms with Crippen LogP contribution in [0, 0.1) is 0 Å². The number of nitrogens with zero attached hydrogens (tertiary/aromatic N) is 1. The summed E-state index contributed by atoms with van der Waals surface area (Å²) in [5.41, 5.74) is 0. The van der Waals surface area contributed by atoms with E-state index in [1.54, 1.807) is 4.72 Å². The third-order valence-corrected chi connectivity index (χ3v) is 5.10. The first kappa shape index (κ1) is 16.0. The first-order valence-corrected chi connectivity index (χ1v) is 8.28. The molecule has 2 rings (SSSR count). The summed E-state index contributed by atoms with van der Waals surface area (Å²) in [6.07, 6.45) is -0.159. The Kier molecular flexibility index (Phi) is 4.93. The van der Waals surface area contributed by atoms with Crippen LogP contribution < -0.4 is 10.0 Å². The van der Waals surface area contributed by atoms with Crippen LogP contribution in [-0.2, 0) is 10.2 Å². The summed E-state index contributed by atoms with van der Waals surface area (Å²) in [6.45, 7) is -0.437. The Morgan fingerprint density at radius 1 is 1.20 bits per heavy atom. The van der Waals surface area contributed by atoms with Crippen LogP contribution in [0.1, 0.15) is 32.1 Å². The minimum absolute atomic E-state index is 0.0341. The minimum atomic E-state index is -4.54. The molecule has 1 aliphatic carbocycles. The highest BCUT2D eigenvalue weighted by atomic mass is 32.2. The lowest BCUT2D eigenvalue weighted by Gasteiger charge is -2.30. The molecule has 118 valence electrons. The van der Waals surface area contributed by atoms with Crippen LogP contribution in [0.2, 0.25) is 0 Å². The van der Waals surface area contributed by atoms with E-state index in [4.69, 9.17) is 0 Å². The Labute approximate surface area is 117 Å². The van der Waals surface area contributed by atoms with Crippen LogP contribution >= 0.6 is 0 Å². The molecule has 2 aliphatic rings. The second kappa shape index (κ2) is 6.17. The van der Waals surface area contributed by atoms with Crippen LogP contribution in [0.4, 0.5) is 13.2 Å². The van der Waals surface area contributed by atoms with Crippen molar-refractivity contribution in [1.29, 1.82) is 0 Å². The molecule has 9 heteroatoms. The highest BCUT2D eigenvalue weighted by Gasteiger charge is 2.40. The number of piperidine rings is 1. The number of halogens is 3. The Morgan fingerprint density at radius 2 is 1.90 bits per heavy atom. The molecule has 2 fully saturated rings. The summed E-state index contributed by atoms with van der Waals surface area (Å²) in [4.78, 5) is 0. The van der Waals surface area contributed by atoms with Gasteiger partial charge in [-0.1, -0.05) is 6.42 Å². The smallest absolute Gasteiger partial charge is 0.313 e. The highest BCUT2D eigenvalue weighted by molar-refractivity contribution is 7.87. The minimum Gasteiger partial charge on any atom is -0.313 e. The number of rotatable bonds is 6. The lowest BCUT2D eigenvalue weighted by molar-refractivity contribution is -0.121. The van der Waals surface area contributed by atoms with Crippen molar-refractivity contribution in [2.45, 2.75) is 50.4 Å². The highest BCUT2D eigenvalue weighted by Crippen LogP contribution is 2.29. The fourth-order valence-corrected chi connectivity index (χ4v) is 3.85. The SMILES string of the molecule is O=S(=O)(NCC(F)(F)F)N(CC1CCCCN1)C1CC1. The molecule has 0 bridgehead atoms. The zero-order chi connectivity index (χ0) is 14.8. The van der Waals surface area contributed by atoms with Gasteiger partial charge in [-0.15, -0.1) is 0 Å². The standard InChI is InChI=1S/C11H20F3N3O2S/c12-11(13,14)8-16-20(18,19)17(10-4-5-10)7-9-3-1-2-6-15-9/h9-10,15-16H,1-8H2. The maximum atomic E-state index is 12.2. The Bertz CT molecular complexity index is 417. The summed E-state index contributed by atoms with van der Waals surface area (Å²) in [5, 5.41) is 3.22. The average molecular weight is 315 g/mol. The lowest BCUT2D eigenvalue weighted by atomic mass is 10.1. The molecule has 20 heavy (non-hydrogen) atoms. The topological polar surface area (TPSA) is 61.4 Å². The average Bonchev–Trinajstić information content (AvgIpc) is 3.18. The van der Waals surface area contributed by atoms with Crippen LogP contribution in [0.15, 0.2) is 0 Å². The molecule has 1 aliphatic heterocycles. The third-order valence-electron chi connectivity index (χ3n) is 3.53. The molecule has 1 saturated carbocycles. The van der Waals surface area contributed by atoms with Crippen molar-refractivity contribution < 1.29 is 21.6 Å². The van der Waals surface area contributed by atoms with Gasteiger partial charge < -0.3 is 5.32 Å². The van der Waals surface area contributed by atoms with Gasteiger partial charge in [-0.25, -0.2) is 0 Å². The number of alkyl halides is 3. The fourth-order valence-electron chi connectivity index (χ4n) is 2.36. The molecule has 1 heterocycles. The fraction of sp³-hybridized carbons (Fsp3) is 1.00. The summed E-state index contributed by atoms with van der Waals surface area (Å²) in [7, 11) is -4.07. The predicted octanol–water partition coefficient (Wildman–Crippen LogP) is 0.990. The van der Waals surface area contributed by atoms with Crippen molar-refractivity contribution in [3.05, 3.63) is 0 Å². The van der Waals surface area contributed by atoms with Crippen LogP contribution in [0.25, 0.3) is 0 Å². The largest absolute Gasteiger partial charge is 0.402 e. The van der Waals surface area contributed by atoms with Crippen molar-refractivity contribution in [2.75, 3.05) is 19.6 Å². The first-order valence-electron chi connectivity index (χ1n) is 6.84. The monoisotopic (exact) mass is 315 g/mol. The maximum absolute atomic E-state index is 12.2. The molecule has 1 atom stereocenters. The van der Waals surface area contributed by atoms with E-state index >= 15 is 0 Å². The molecule has 0 aromatic carbocycles. The van der Waals surface area contributed by atoms with Gasteiger partial charge in [-0.3, -0.25) is 0 Å². The number of hydrogen-bond donors (Lipinski definition) is 2. The molecular weight excluding hydrogens is 295 g/mol. The van der Waals surface area contributed by atoms with Gasteiger partial charge in [0.2, 0.25) is 0 Å². The van der Waals surface area contributed by atoms with E-state index in [1.807, 2.05) is 0 Å². The van der Waals surface area contributed by atoms with Crippen molar-refractivity contribution in [2.24, 2.45) is 0 Å². The van der Waals surface area contributed by atoms with E-state index in [2.05, 4.69) is 5.32 Å². The second-order valence-corrected chi connectivity index (χ2v) is 7.10. The van der Waals surface area contributed by atoms with E-state index in [1.165, 1.54) is 4.31 Å². The molecule has 0 aromatic rings. The molecular formula is C11H20F3N3O2S. The Morgan fingerprint density at radius 3 is 2.40 bits per heavy atom. The van der Waals surface area contributed by atoms with Gasteiger partial charge >= 0.3 is 6.18 Å². The van der Waals surface area contributed by atoms with Crippen molar-refractivity contribution in [1.82, 2.24) is 14.3 Å². The van der Waals surface area contributed by atoms with Gasteiger partial charge in [-0.05, 0) is 32.2 Å². The number of hydrogen-bond acceptors (Lipinski definition) is 3. The van der Waals surface area contributed by atoms with E-state index in [0.29, 0.717) is 0 Å². The molecule has 1 saturated heterocycles. The molecule has 0 spiro atoms. The summed E-state index contributed by atoms with van der Waals surface area (Å²) in [5.74, 6) is 0. The van der Waals surface area contributed by atoms with Crippen molar-refractivity contribution in [3.63, 3.8) is 0 Å². The molecule has 0 amide bonds. The molecule has 1 unspecified atom stereocenters. The van der Waals surface area contributed by atoms with E-state index in [9.17, 15) is 21.6 Å². The predicted molar refractivity (Wildman–Crippen MR) is 68.3 cm³/mol. The van der Waals surface area contributed by atoms with Gasteiger partial charge in [0.25, 0.3) is 10.2 Å². The quantitative estimate of drug-likeness (QED) is 0.768. The Balaban J connectivity index is 1.96. The summed E-state index contributed by atoms with van der Waals surface area (Å²) < 4.78 is 63.4. The van der Waals surface area contributed by atoms with Crippen molar-refractivity contribution in [3.8, 4) is 0 Å². The molecule has 2 N–H and O–H groups in total. The Hall–Kier alpha value is -0.380. The summed E-state index contributed by atoms with van der Waals surface area (Å²) in [6, 6.07) is -0.115. The van der Waals surface area contributed by atoms with E-state index < -0.39 is 22.9 Å². The van der Waals surface area contributed by atoms with Crippen LogP contribution in [0.3, 0.4) is 0 Å². The first-order chi connectivity index (χ1) is 9.28. The van der Waals surface area contributed by atoms with Crippen molar-refractivity contribution >= 4 is 10.2 Å². The molecule has 0 radical (unpaired) electrons. The normalized spacial score (nSPS) is 25.1. The van der Waals surface area contributed by atoms with Gasteiger partial charge in [0.1, 0.15) is 6.54 Å². The van der Waals surface area contributed by atoms with Gasteiger partial charge in [0.05, 0.1) is 0 Å². The maximum Gasteiger partial charge on any atom is 0.402 e. The second-order valence-electron chi connectivity index (χ2n) is 5.39. The van der Waals surface area contributed by atoms with Gasteiger partial charge in [0.15, 0.2) is 0 Å². The van der Waals surface area contributed by atoms with E-state index in [0.717, 1.165) is 38.6 Å². The molecule has 5 nitrogen and oxygen atoms in total. The summed E-state index contributed by atoms with van der Waals surface area (Å²) >= 11 is 0. The third kappa shape index (κ3) is 4.87. The van der Waals surface area contributed by atoms with Gasteiger partial charge in [0, 0.05) is 18.6 Å². The van der Waals surface area contributed by atoms with Gasteiger partial charge in [-0.2, -0.15) is 30.6 Å². The molecule has 0 aromatic heterocycles. The lowest BCUT2D eigenvalue weighted by Crippen LogP contribution is -2.51. The van der Waals surface area contributed by atoms with E-state index in [-0.39, 0.29) is 18.6 Å². The zero-order valence-electron chi connectivity index (χ0n) is 11.1. The zero-order valence-corrected chi connectivity index (χ0v) is 11.9.